The molecule has 0 aliphatic rings. The lowest BCUT2D eigenvalue weighted by Crippen LogP contribution is -2.08. The van der Waals surface area contributed by atoms with Gasteiger partial charge in [-0.3, -0.25) is 0 Å². The number of alkyl halides is 3. The fourth-order valence-corrected chi connectivity index (χ4v) is 2.12. The van der Waals surface area contributed by atoms with Crippen molar-refractivity contribution in [1.29, 1.82) is 0 Å². The molecule has 0 saturated carbocycles. The van der Waals surface area contributed by atoms with Crippen LogP contribution in [0.5, 0.6) is 0 Å². The van der Waals surface area contributed by atoms with Crippen molar-refractivity contribution < 1.29 is 18.3 Å². The second-order valence-electron chi connectivity index (χ2n) is 4.55. The van der Waals surface area contributed by atoms with E-state index in [0.29, 0.717) is 16.7 Å². The molecule has 0 aliphatic carbocycles. The third-order valence-corrected chi connectivity index (χ3v) is 3.45. The first-order chi connectivity index (χ1) is 8.84. The smallest absolute Gasteiger partial charge is 0.396 e. The topological polar surface area (TPSA) is 32.3 Å². The first-order valence-corrected chi connectivity index (χ1v) is 6.85. The maximum atomic E-state index is 12.5. The number of rotatable bonds is 6. The fourth-order valence-electron chi connectivity index (χ4n) is 1.60. The predicted octanol–water partition coefficient (Wildman–Crippen LogP) is 4.29. The highest BCUT2D eigenvalue weighted by molar-refractivity contribution is 9.10. The van der Waals surface area contributed by atoms with Crippen molar-refractivity contribution in [2.24, 2.45) is 5.92 Å². The maximum absolute atomic E-state index is 12.5. The Labute approximate surface area is 119 Å². The van der Waals surface area contributed by atoms with Crippen LogP contribution in [0, 0.1) is 5.92 Å². The Hall–Kier alpha value is -0.750. The van der Waals surface area contributed by atoms with Crippen LogP contribution in [-0.2, 0) is 6.18 Å². The van der Waals surface area contributed by atoms with Crippen LogP contribution >= 0.6 is 15.9 Å². The van der Waals surface area contributed by atoms with Gasteiger partial charge in [0.1, 0.15) is 0 Å². The summed E-state index contributed by atoms with van der Waals surface area (Å²) >= 11 is 3.13. The van der Waals surface area contributed by atoms with Crippen molar-refractivity contribution in [3.05, 3.63) is 28.2 Å². The molecular weight excluding hydrogens is 323 g/mol. The van der Waals surface area contributed by atoms with E-state index >= 15 is 0 Å². The molecule has 1 aromatic carbocycles. The largest absolute Gasteiger partial charge is 0.416 e. The lowest BCUT2D eigenvalue weighted by molar-refractivity contribution is -0.137. The number of aliphatic hydroxyl groups excluding tert-OH is 1. The molecule has 0 radical (unpaired) electrons. The third-order valence-electron chi connectivity index (χ3n) is 2.80. The number of anilines is 1. The van der Waals surface area contributed by atoms with Gasteiger partial charge < -0.3 is 10.4 Å². The predicted molar refractivity (Wildman–Crippen MR) is 73.1 cm³/mol. The van der Waals surface area contributed by atoms with Gasteiger partial charge in [-0.05, 0) is 52.9 Å². The lowest BCUT2D eigenvalue weighted by atomic mass is 10.1. The maximum Gasteiger partial charge on any atom is 0.416 e. The van der Waals surface area contributed by atoms with E-state index in [1.54, 1.807) is 0 Å². The Bertz CT molecular complexity index is 409. The number of benzene rings is 1. The molecule has 0 heterocycles. The molecule has 1 atom stereocenters. The molecule has 0 fully saturated rings. The van der Waals surface area contributed by atoms with Crippen molar-refractivity contribution in [3.63, 3.8) is 0 Å². The van der Waals surface area contributed by atoms with Gasteiger partial charge in [-0.2, -0.15) is 13.2 Å². The van der Waals surface area contributed by atoms with Crippen molar-refractivity contribution in [1.82, 2.24) is 0 Å². The average molecular weight is 340 g/mol. The first-order valence-electron chi connectivity index (χ1n) is 6.06. The summed E-state index contributed by atoms with van der Waals surface area (Å²) in [5.41, 5.74) is -0.0246. The monoisotopic (exact) mass is 339 g/mol. The third kappa shape index (κ3) is 5.40. The zero-order chi connectivity index (χ0) is 14.5. The summed E-state index contributed by atoms with van der Waals surface area (Å²) in [5.74, 6) is 0.248. The van der Waals surface area contributed by atoms with E-state index in [9.17, 15) is 13.2 Å². The molecule has 0 bridgehead atoms. The Balaban J connectivity index is 2.52. The quantitative estimate of drug-likeness (QED) is 0.758. The summed E-state index contributed by atoms with van der Waals surface area (Å²) in [6, 6.07) is 3.55. The molecule has 0 aliphatic heterocycles. The number of hydrogen-bond acceptors (Lipinski definition) is 2. The normalized spacial score (nSPS) is 13.4. The molecule has 1 aromatic rings. The highest BCUT2D eigenvalue weighted by Gasteiger charge is 2.30. The van der Waals surface area contributed by atoms with Gasteiger partial charge in [-0.1, -0.05) is 6.92 Å². The second kappa shape index (κ2) is 7.14. The van der Waals surface area contributed by atoms with E-state index in [2.05, 4.69) is 21.2 Å². The van der Waals surface area contributed by atoms with Gasteiger partial charge in [0.2, 0.25) is 0 Å². The molecule has 108 valence electrons. The van der Waals surface area contributed by atoms with Crippen molar-refractivity contribution in [2.75, 3.05) is 18.5 Å². The van der Waals surface area contributed by atoms with Crippen LogP contribution < -0.4 is 5.32 Å². The van der Waals surface area contributed by atoms with Gasteiger partial charge in [0.05, 0.1) is 5.56 Å². The average Bonchev–Trinajstić information content (AvgIpc) is 2.34. The van der Waals surface area contributed by atoms with Crippen LogP contribution in [0.15, 0.2) is 22.7 Å². The van der Waals surface area contributed by atoms with E-state index in [1.165, 1.54) is 6.07 Å². The standard InChI is InChI=1S/C13H17BrF3NO/c1-9(8-19)3-2-6-18-12-5-4-10(7-11(12)14)13(15,16)17/h4-5,7,9,18-19H,2-3,6,8H2,1H3. The van der Waals surface area contributed by atoms with Gasteiger partial charge >= 0.3 is 6.18 Å². The van der Waals surface area contributed by atoms with E-state index in [4.69, 9.17) is 5.11 Å². The molecule has 0 aromatic heterocycles. The highest BCUT2D eigenvalue weighted by atomic mass is 79.9. The molecule has 1 unspecified atom stereocenters. The molecular formula is C13H17BrF3NO. The summed E-state index contributed by atoms with van der Waals surface area (Å²) in [5, 5.41) is 11.9. The van der Waals surface area contributed by atoms with Gasteiger partial charge in [0.15, 0.2) is 0 Å². The number of hydrogen-bond donors (Lipinski definition) is 2. The molecule has 1 rings (SSSR count). The molecule has 0 saturated heterocycles. The highest BCUT2D eigenvalue weighted by Crippen LogP contribution is 2.33. The molecule has 2 nitrogen and oxygen atoms in total. The van der Waals surface area contributed by atoms with Gasteiger partial charge in [0.25, 0.3) is 0 Å². The summed E-state index contributed by atoms with van der Waals surface area (Å²) in [6.45, 7) is 2.77. The molecule has 0 amide bonds. The van der Waals surface area contributed by atoms with Crippen molar-refractivity contribution >= 4 is 21.6 Å². The number of nitrogens with one attached hydrogen (secondary N) is 1. The summed E-state index contributed by atoms with van der Waals surface area (Å²) in [7, 11) is 0. The van der Waals surface area contributed by atoms with E-state index in [-0.39, 0.29) is 12.5 Å². The van der Waals surface area contributed by atoms with Crippen molar-refractivity contribution in [2.45, 2.75) is 25.9 Å². The second-order valence-corrected chi connectivity index (χ2v) is 5.40. The minimum absolute atomic E-state index is 0.157. The minimum atomic E-state index is -4.32. The Morgan fingerprint density at radius 3 is 2.58 bits per heavy atom. The Kier molecular flexibility index (Phi) is 6.13. The van der Waals surface area contributed by atoms with Crippen LogP contribution in [0.4, 0.5) is 18.9 Å². The van der Waals surface area contributed by atoms with Crippen LogP contribution in [0.2, 0.25) is 0 Å². The van der Waals surface area contributed by atoms with E-state index in [0.717, 1.165) is 25.0 Å². The molecule has 2 N–H and O–H groups in total. The Morgan fingerprint density at radius 2 is 2.05 bits per heavy atom. The molecule has 19 heavy (non-hydrogen) atoms. The summed E-state index contributed by atoms with van der Waals surface area (Å²) in [6.07, 6.45) is -2.59. The zero-order valence-electron chi connectivity index (χ0n) is 10.6. The summed E-state index contributed by atoms with van der Waals surface area (Å²) in [4.78, 5) is 0. The van der Waals surface area contributed by atoms with E-state index in [1.807, 2.05) is 6.92 Å². The van der Waals surface area contributed by atoms with Crippen molar-refractivity contribution in [3.8, 4) is 0 Å². The number of aliphatic hydroxyl groups is 1. The molecule has 0 spiro atoms. The van der Waals surface area contributed by atoms with Gasteiger partial charge in [-0.15, -0.1) is 0 Å². The van der Waals surface area contributed by atoms with Crippen LogP contribution in [-0.4, -0.2) is 18.3 Å². The van der Waals surface area contributed by atoms with Crippen LogP contribution in [0.25, 0.3) is 0 Å². The SMILES string of the molecule is CC(CO)CCCNc1ccc(C(F)(F)F)cc1Br. The fraction of sp³-hybridized carbons (Fsp3) is 0.538. The minimum Gasteiger partial charge on any atom is -0.396 e. The first kappa shape index (κ1) is 16.3. The Morgan fingerprint density at radius 1 is 1.37 bits per heavy atom. The van der Waals surface area contributed by atoms with Gasteiger partial charge in [0, 0.05) is 23.3 Å². The van der Waals surface area contributed by atoms with E-state index < -0.39 is 11.7 Å². The number of halogens is 4. The van der Waals surface area contributed by atoms with Crippen LogP contribution in [0.1, 0.15) is 25.3 Å². The van der Waals surface area contributed by atoms with Crippen LogP contribution in [0.3, 0.4) is 0 Å². The van der Waals surface area contributed by atoms with Gasteiger partial charge in [-0.25, -0.2) is 0 Å². The molecule has 6 heteroatoms. The summed E-state index contributed by atoms with van der Waals surface area (Å²) < 4.78 is 37.8. The zero-order valence-corrected chi connectivity index (χ0v) is 12.2. The lowest BCUT2D eigenvalue weighted by Gasteiger charge is -2.13.